The van der Waals surface area contributed by atoms with Crippen LogP contribution in [0.2, 0.25) is 0 Å². The summed E-state index contributed by atoms with van der Waals surface area (Å²) in [6, 6.07) is 20.0. The number of anilines is 1. The predicted molar refractivity (Wildman–Crippen MR) is 115 cm³/mol. The lowest BCUT2D eigenvalue weighted by Gasteiger charge is -2.09. The van der Waals surface area contributed by atoms with Crippen molar-refractivity contribution in [2.24, 2.45) is 0 Å². The number of carbonyl (C=O) groups is 3. The van der Waals surface area contributed by atoms with Gasteiger partial charge in [-0.1, -0.05) is 36.4 Å². The fourth-order valence-electron chi connectivity index (χ4n) is 3.00. The maximum atomic E-state index is 12.2. The summed E-state index contributed by atoms with van der Waals surface area (Å²) in [6.07, 6.45) is -0.0780. The smallest absolute Gasteiger partial charge is 0.306 e. The highest BCUT2D eigenvalue weighted by Gasteiger charge is 2.13. The first-order valence-corrected chi connectivity index (χ1v) is 9.76. The number of nitrogens with one attached hydrogen (secondary N) is 1. The molecule has 154 valence electrons. The van der Waals surface area contributed by atoms with Crippen LogP contribution >= 0.6 is 0 Å². The van der Waals surface area contributed by atoms with Gasteiger partial charge in [0.2, 0.25) is 0 Å². The van der Waals surface area contributed by atoms with E-state index in [0.717, 1.165) is 10.8 Å². The lowest BCUT2D eigenvalue weighted by Crippen LogP contribution is -2.21. The molecule has 0 atom stereocenters. The molecule has 0 aliphatic rings. The molecule has 1 amide bonds. The molecule has 0 fully saturated rings. The average Bonchev–Trinajstić information content (AvgIpc) is 2.77. The number of benzene rings is 3. The first-order chi connectivity index (χ1) is 14.6. The van der Waals surface area contributed by atoms with Crippen LogP contribution in [-0.4, -0.2) is 30.9 Å². The molecule has 3 aromatic rings. The van der Waals surface area contributed by atoms with E-state index in [1.165, 1.54) is 0 Å². The molecular weight excluding hydrogens is 382 g/mol. The van der Waals surface area contributed by atoms with Crippen LogP contribution in [0.25, 0.3) is 10.8 Å². The van der Waals surface area contributed by atoms with Gasteiger partial charge in [-0.3, -0.25) is 14.4 Å². The van der Waals surface area contributed by atoms with Crippen molar-refractivity contribution < 1.29 is 23.9 Å². The molecule has 0 aliphatic heterocycles. The molecule has 0 unspecified atom stereocenters. The summed E-state index contributed by atoms with van der Waals surface area (Å²) in [4.78, 5) is 36.2. The minimum absolute atomic E-state index is 0.0117. The molecule has 0 saturated carbocycles. The molecule has 0 aromatic heterocycles. The van der Waals surface area contributed by atoms with E-state index in [4.69, 9.17) is 9.47 Å². The van der Waals surface area contributed by atoms with Crippen molar-refractivity contribution in [2.75, 3.05) is 18.5 Å². The summed E-state index contributed by atoms with van der Waals surface area (Å²) >= 11 is 0. The van der Waals surface area contributed by atoms with Gasteiger partial charge in [0.15, 0.2) is 12.4 Å². The molecule has 1 N–H and O–H groups in total. The third-order valence-electron chi connectivity index (χ3n) is 4.47. The Labute approximate surface area is 174 Å². The van der Waals surface area contributed by atoms with Gasteiger partial charge < -0.3 is 14.8 Å². The van der Waals surface area contributed by atoms with Crippen LogP contribution in [0, 0.1) is 0 Å². The zero-order valence-electron chi connectivity index (χ0n) is 16.7. The maximum Gasteiger partial charge on any atom is 0.306 e. The molecule has 30 heavy (non-hydrogen) atoms. The summed E-state index contributed by atoms with van der Waals surface area (Å²) in [6.45, 7) is 2.03. The van der Waals surface area contributed by atoms with E-state index in [1.54, 1.807) is 30.3 Å². The fraction of sp³-hybridized carbons (Fsp3) is 0.208. The molecule has 0 spiro atoms. The highest BCUT2D eigenvalue weighted by molar-refractivity contribution is 6.03. The predicted octanol–water partition coefficient (Wildman–Crippen LogP) is 4.38. The lowest BCUT2D eigenvalue weighted by molar-refractivity contribution is -0.147. The van der Waals surface area contributed by atoms with Gasteiger partial charge in [0, 0.05) is 23.1 Å². The molecule has 0 aliphatic carbocycles. The standard InChI is InChI=1S/C24H23NO5/c1-2-29-19-12-10-18(11-13-19)22(26)14-15-24(28)30-16-23(27)25-21-9-5-7-17-6-3-4-8-20(17)21/h3-13H,2,14-16H2,1H3,(H,25,27). The molecule has 6 heteroatoms. The quantitative estimate of drug-likeness (QED) is 0.422. The Morgan fingerprint density at radius 1 is 0.867 bits per heavy atom. The van der Waals surface area contributed by atoms with Gasteiger partial charge in [0.05, 0.1) is 13.0 Å². The van der Waals surface area contributed by atoms with E-state index < -0.39 is 18.5 Å². The van der Waals surface area contributed by atoms with E-state index in [-0.39, 0.29) is 18.6 Å². The molecule has 0 heterocycles. The average molecular weight is 405 g/mol. The van der Waals surface area contributed by atoms with Crippen molar-refractivity contribution in [1.29, 1.82) is 0 Å². The van der Waals surface area contributed by atoms with Crippen molar-refractivity contribution in [3.63, 3.8) is 0 Å². The second-order valence-electron chi connectivity index (χ2n) is 6.62. The summed E-state index contributed by atoms with van der Waals surface area (Å²) in [5, 5.41) is 4.66. The number of fused-ring (bicyclic) bond motifs is 1. The number of ketones is 1. The van der Waals surface area contributed by atoms with Gasteiger partial charge in [-0.15, -0.1) is 0 Å². The Morgan fingerprint density at radius 3 is 2.37 bits per heavy atom. The number of amides is 1. The van der Waals surface area contributed by atoms with Crippen molar-refractivity contribution >= 4 is 34.1 Å². The minimum Gasteiger partial charge on any atom is -0.494 e. The highest BCUT2D eigenvalue weighted by Crippen LogP contribution is 2.22. The van der Waals surface area contributed by atoms with Gasteiger partial charge in [-0.05, 0) is 42.6 Å². The second kappa shape index (κ2) is 10.2. The van der Waals surface area contributed by atoms with E-state index in [1.807, 2.05) is 43.3 Å². The number of rotatable bonds is 9. The van der Waals surface area contributed by atoms with Crippen molar-refractivity contribution in [3.05, 3.63) is 72.3 Å². The number of hydrogen-bond acceptors (Lipinski definition) is 5. The number of hydrogen-bond donors (Lipinski definition) is 1. The van der Waals surface area contributed by atoms with E-state index >= 15 is 0 Å². The normalized spacial score (nSPS) is 10.4. The molecule has 3 rings (SSSR count). The Balaban J connectivity index is 1.45. The van der Waals surface area contributed by atoms with Gasteiger partial charge in [-0.25, -0.2) is 0 Å². The summed E-state index contributed by atoms with van der Waals surface area (Å²) in [5.74, 6) is -0.513. The van der Waals surface area contributed by atoms with Gasteiger partial charge in [0.1, 0.15) is 5.75 Å². The third kappa shape index (κ3) is 5.67. The van der Waals surface area contributed by atoms with E-state index in [9.17, 15) is 14.4 Å². The largest absolute Gasteiger partial charge is 0.494 e. The zero-order valence-corrected chi connectivity index (χ0v) is 16.7. The zero-order chi connectivity index (χ0) is 21.3. The molecule has 0 radical (unpaired) electrons. The number of ether oxygens (including phenoxy) is 2. The number of esters is 1. The second-order valence-corrected chi connectivity index (χ2v) is 6.62. The Bertz CT molecular complexity index is 1040. The summed E-state index contributed by atoms with van der Waals surface area (Å²) < 4.78 is 10.3. The SMILES string of the molecule is CCOc1ccc(C(=O)CCC(=O)OCC(=O)Nc2cccc3ccccc23)cc1. The van der Waals surface area contributed by atoms with Crippen LogP contribution < -0.4 is 10.1 Å². The first kappa shape index (κ1) is 21.0. The van der Waals surface area contributed by atoms with Crippen LogP contribution in [-0.2, 0) is 14.3 Å². The molecule has 6 nitrogen and oxygen atoms in total. The number of carbonyl (C=O) groups excluding carboxylic acids is 3. The van der Waals surface area contributed by atoms with Crippen LogP contribution in [0.3, 0.4) is 0 Å². The van der Waals surface area contributed by atoms with Crippen LogP contribution in [0.5, 0.6) is 5.75 Å². The van der Waals surface area contributed by atoms with Crippen molar-refractivity contribution in [2.45, 2.75) is 19.8 Å². The fourth-order valence-corrected chi connectivity index (χ4v) is 3.00. The van der Waals surface area contributed by atoms with Crippen LogP contribution in [0.4, 0.5) is 5.69 Å². The molecular formula is C24H23NO5. The molecule has 3 aromatic carbocycles. The van der Waals surface area contributed by atoms with E-state index in [0.29, 0.717) is 23.6 Å². The van der Waals surface area contributed by atoms with Crippen molar-refractivity contribution in [1.82, 2.24) is 0 Å². The lowest BCUT2D eigenvalue weighted by atomic mass is 10.1. The van der Waals surface area contributed by atoms with Gasteiger partial charge >= 0.3 is 5.97 Å². The van der Waals surface area contributed by atoms with Gasteiger partial charge in [-0.2, -0.15) is 0 Å². The monoisotopic (exact) mass is 405 g/mol. The minimum atomic E-state index is -0.595. The Hall–Kier alpha value is -3.67. The number of Topliss-reactive ketones (excluding diaryl/α,β-unsaturated/α-hetero) is 1. The maximum absolute atomic E-state index is 12.2. The first-order valence-electron chi connectivity index (χ1n) is 9.76. The Kier molecular flexibility index (Phi) is 7.16. The van der Waals surface area contributed by atoms with Crippen LogP contribution in [0.15, 0.2) is 66.7 Å². The topological polar surface area (TPSA) is 81.7 Å². The van der Waals surface area contributed by atoms with Crippen LogP contribution in [0.1, 0.15) is 30.1 Å². The van der Waals surface area contributed by atoms with Crippen molar-refractivity contribution in [3.8, 4) is 5.75 Å². The highest BCUT2D eigenvalue weighted by atomic mass is 16.5. The Morgan fingerprint density at radius 2 is 1.60 bits per heavy atom. The van der Waals surface area contributed by atoms with Gasteiger partial charge in [0.25, 0.3) is 5.91 Å². The molecule has 0 saturated heterocycles. The van der Waals surface area contributed by atoms with E-state index in [2.05, 4.69) is 5.32 Å². The third-order valence-corrected chi connectivity index (χ3v) is 4.47. The summed E-state index contributed by atoms with van der Waals surface area (Å²) in [7, 11) is 0. The summed E-state index contributed by atoms with van der Waals surface area (Å²) in [5.41, 5.74) is 1.15. The molecule has 0 bridgehead atoms.